The molecule has 0 atom stereocenters. The van der Waals surface area contributed by atoms with Crippen LogP contribution in [0.2, 0.25) is 0 Å². The Morgan fingerprint density at radius 2 is 0.744 bits per heavy atom. The number of carbonyl (C=O) groups excluding carboxylic acids is 4. The van der Waals surface area contributed by atoms with Gasteiger partial charge < -0.3 is 47.4 Å². The summed E-state index contributed by atoms with van der Waals surface area (Å²) >= 11 is 0. The van der Waals surface area contributed by atoms with Crippen LogP contribution in [0, 0.1) is 5.92 Å². The van der Waals surface area contributed by atoms with Gasteiger partial charge in [0, 0.05) is 51.9 Å². The fraction of sp³-hybridized carbons (Fsp3) is 0.194. The van der Waals surface area contributed by atoms with Crippen molar-refractivity contribution in [2.75, 3.05) is 0 Å². The molecule has 1 aliphatic carbocycles. The van der Waals surface area contributed by atoms with Crippen molar-refractivity contribution >= 4 is 23.9 Å². The molecule has 13 rings (SSSR count). The van der Waals surface area contributed by atoms with Gasteiger partial charge in [0.25, 0.3) is 0 Å². The second-order valence-corrected chi connectivity index (χ2v) is 22.5. The monoisotopic (exact) mass is 1150 g/mol. The number of fused-ring (bicyclic) bond motifs is 3. The molecule has 0 amide bonds. The number of carbonyl (C=O) groups is 4. The summed E-state index contributed by atoms with van der Waals surface area (Å²) in [4.78, 5) is 58.6. The number of hydrogen-bond acceptors (Lipinski definition) is 14. The average molecular weight is 1150 g/mol. The summed E-state index contributed by atoms with van der Waals surface area (Å²) in [6.07, 6.45) is 5.11. The topological polar surface area (TPSA) is 161 Å². The maximum Gasteiger partial charge on any atom is 0.343 e. The zero-order chi connectivity index (χ0) is 59.0. The van der Waals surface area contributed by atoms with Crippen LogP contribution in [0.5, 0.6) is 51.7 Å². The molecule has 0 aromatic heterocycles. The summed E-state index contributed by atoms with van der Waals surface area (Å²) in [5, 5.41) is 0. The summed E-state index contributed by atoms with van der Waals surface area (Å²) in [6.45, 7) is 5.16. The minimum atomic E-state index is -1.67. The van der Waals surface area contributed by atoms with Gasteiger partial charge in [-0.3, -0.25) is 4.79 Å². The van der Waals surface area contributed by atoms with Gasteiger partial charge in [0.1, 0.15) is 16.9 Å². The van der Waals surface area contributed by atoms with E-state index in [9.17, 15) is 9.59 Å². The van der Waals surface area contributed by atoms with E-state index < -0.39 is 46.8 Å². The van der Waals surface area contributed by atoms with Gasteiger partial charge in [0.05, 0.1) is 11.1 Å². The highest BCUT2D eigenvalue weighted by Gasteiger charge is 2.51. The van der Waals surface area contributed by atoms with Crippen LogP contribution in [-0.2, 0) is 26.9 Å². The largest absolute Gasteiger partial charge is 0.456 e. The van der Waals surface area contributed by atoms with Gasteiger partial charge in [-0.25, -0.2) is 14.4 Å². The van der Waals surface area contributed by atoms with E-state index in [1.807, 2.05) is 182 Å². The van der Waals surface area contributed by atoms with E-state index in [0.29, 0.717) is 33.4 Å². The highest BCUT2D eigenvalue weighted by atomic mass is 16.8. The molecule has 14 heteroatoms. The molecule has 0 N–H and O–H groups in total. The van der Waals surface area contributed by atoms with Crippen LogP contribution in [0.25, 0.3) is 0 Å². The van der Waals surface area contributed by atoms with Crippen molar-refractivity contribution in [1.29, 1.82) is 0 Å². The number of hydrogen-bond donors (Lipinski definition) is 0. The maximum atomic E-state index is 15.2. The maximum absolute atomic E-state index is 15.2. The molecule has 0 spiro atoms. The Kier molecular flexibility index (Phi) is 14.3. The van der Waals surface area contributed by atoms with E-state index in [0.717, 1.165) is 32.1 Å². The molecule has 9 aromatic carbocycles. The van der Waals surface area contributed by atoms with Gasteiger partial charge in [0.15, 0.2) is 34.5 Å². The first-order chi connectivity index (χ1) is 41.8. The lowest BCUT2D eigenvalue weighted by Gasteiger charge is -2.28. The van der Waals surface area contributed by atoms with Crippen molar-refractivity contribution in [3.63, 3.8) is 0 Å². The minimum Gasteiger partial charge on any atom is -0.456 e. The number of ether oxygens (including phenoxy) is 10. The first-order valence-electron chi connectivity index (χ1n) is 28.7. The minimum absolute atomic E-state index is 0.00189. The summed E-state index contributed by atoms with van der Waals surface area (Å²) in [5.41, 5.74) is 2.34. The smallest absolute Gasteiger partial charge is 0.343 e. The lowest BCUT2D eigenvalue weighted by atomic mass is 9.87. The Morgan fingerprint density at radius 3 is 1.14 bits per heavy atom. The van der Waals surface area contributed by atoms with Gasteiger partial charge in [-0.15, -0.1) is 0 Å². The van der Waals surface area contributed by atoms with Crippen LogP contribution in [0.4, 0.5) is 0 Å². The summed E-state index contributed by atoms with van der Waals surface area (Å²) in [7, 11) is 0. The lowest BCUT2D eigenvalue weighted by Crippen LogP contribution is -2.36. The molecule has 0 saturated heterocycles. The third kappa shape index (κ3) is 10.5. The number of benzene rings is 9. The van der Waals surface area contributed by atoms with E-state index in [1.54, 1.807) is 20.8 Å². The zero-order valence-electron chi connectivity index (χ0n) is 47.3. The molecule has 0 bridgehead atoms. The third-order valence-corrected chi connectivity index (χ3v) is 15.4. The van der Waals surface area contributed by atoms with E-state index in [4.69, 9.17) is 47.4 Å². The normalized spacial score (nSPS) is 15.7. The third-order valence-electron chi connectivity index (χ3n) is 15.4. The predicted molar refractivity (Wildman–Crippen MR) is 316 cm³/mol. The van der Waals surface area contributed by atoms with Crippen LogP contribution >= 0.6 is 0 Å². The molecule has 86 heavy (non-hydrogen) atoms. The second-order valence-electron chi connectivity index (χ2n) is 22.5. The molecule has 430 valence electrons. The Morgan fingerprint density at radius 1 is 0.395 bits per heavy atom. The van der Waals surface area contributed by atoms with Crippen molar-refractivity contribution in [3.05, 3.63) is 268 Å². The van der Waals surface area contributed by atoms with Crippen LogP contribution in [0.15, 0.2) is 218 Å². The average Bonchev–Trinajstić information content (AvgIpc) is 1.79. The SMILES string of the molecule is CC(C)(C)OC(=O)c1cc2c(cc1OC(=O)c1cc(OC(=O)c3cc(OC(=O)CC4CCCCC4)c4c(c3)OC(c3ccccc3)(c3ccccc3)O4)c3c(c1)OC(c1ccccc1)(c1ccccc1)O3)OC(c1ccccc1)(c1ccccc1)O2. The second kappa shape index (κ2) is 22.3. The van der Waals surface area contributed by atoms with Crippen molar-refractivity contribution in [2.45, 2.75) is 82.3 Å². The van der Waals surface area contributed by atoms with Gasteiger partial charge in [0.2, 0.25) is 11.5 Å². The molecule has 0 unspecified atom stereocenters. The Labute approximate surface area is 496 Å². The summed E-state index contributed by atoms with van der Waals surface area (Å²) in [6, 6.07) is 64.0. The van der Waals surface area contributed by atoms with Gasteiger partial charge in [-0.2, -0.15) is 0 Å². The van der Waals surface area contributed by atoms with Crippen LogP contribution in [-0.4, -0.2) is 29.5 Å². The Hall–Kier alpha value is -10.3. The van der Waals surface area contributed by atoms with Crippen LogP contribution in [0.3, 0.4) is 0 Å². The van der Waals surface area contributed by atoms with Crippen LogP contribution in [0.1, 0.15) is 124 Å². The van der Waals surface area contributed by atoms with Crippen molar-refractivity contribution in [2.24, 2.45) is 5.92 Å². The number of rotatable bonds is 14. The molecule has 3 heterocycles. The molecule has 1 fully saturated rings. The van der Waals surface area contributed by atoms with E-state index in [2.05, 4.69) is 0 Å². The molecule has 14 nitrogen and oxygen atoms in total. The van der Waals surface area contributed by atoms with Gasteiger partial charge in [-0.05, 0) is 63.8 Å². The summed E-state index contributed by atoms with van der Waals surface area (Å²) in [5.74, 6) is -7.90. The molecule has 0 radical (unpaired) electrons. The first kappa shape index (κ1) is 54.9. The predicted octanol–water partition coefficient (Wildman–Crippen LogP) is 15.0. The first-order valence-corrected chi connectivity index (χ1v) is 28.7. The van der Waals surface area contributed by atoms with Crippen LogP contribution < -0.4 is 42.6 Å². The lowest BCUT2D eigenvalue weighted by molar-refractivity contribution is -0.136. The fourth-order valence-corrected chi connectivity index (χ4v) is 11.4. The van der Waals surface area contributed by atoms with Crippen molar-refractivity contribution in [3.8, 4) is 51.7 Å². The fourth-order valence-electron chi connectivity index (χ4n) is 11.4. The Bertz CT molecular complexity index is 3890. The molecule has 3 aliphatic heterocycles. The molecular weight excluding hydrogens is 1090 g/mol. The highest BCUT2D eigenvalue weighted by Crippen LogP contribution is 2.56. The van der Waals surface area contributed by atoms with E-state index in [1.165, 1.54) is 36.4 Å². The van der Waals surface area contributed by atoms with E-state index >= 15 is 9.59 Å². The highest BCUT2D eigenvalue weighted by molar-refractivity contribution is 5.99. The molecular formula is C72H58O14. The quantitative estimate of drug-likeness (QED) is 0.0747. The van der Waals surface area contributed by atoms with Gasteiger partial charge in [-0.1, -0.05) is 201 Å². The van der Waals surface area contributed by atoms with Crippen molar-refractivity contribution in [1.82, 2.24) is 0 Å². The molecule has 1 saturated carbocycles. The standard InChI is InChI=1S/C72H58O14/c1-69(2,3)86-68(76)55-44-57-58(81-70(80-57,49-27-13-5-14-28-49)50-29-15-6-16-30-50)45-56(55)78-66(74)48-41-60(65-62(43-48)83-72(85-65,53-35-21-9-22-36-53)54-37-23-10-24-38-54)79-67(75)47-40-59(77-63(73)39-46-25-11-4-12-26-46)64-61(42-47)82-71(84-64,51-31-17-7-18-32-51)52-33-19-8-20-34-52/h5-10,13-24,27-38,40-46H,4,11-12,25-26,39H2,1-3H3. The van der Waals surface area contributed by atoms with Crippen molar-refractivity contribution < 1.29 is 66.5 Å². The van der Waals surface area contributed by atoms with E-state index in [-0.39, 0.29) is 80.8 Å². The summed E-state index contributed by atoms with van der Waals surface area (Å²) < 4.78 is 65.7. The molecule has 4 aliphatic rings. The zero-order valence-corrected chi connectivity index (χ0v) is 47.3. The number of esters is 4. The Balaban J connectivity index is 0.905. The molecule has 9 aromatic rings. The van der Waals surface area contributed by atoms with Gasteiger partial charge >= 0.3 is 41.2 Å².